The van der Waals surface area contributed by atoms with E-state index in [4.69, 9.17) is 0 Å². The van der Waals surface area contributed by atoms with Crippen LogP contribution in [0, 0.1) is 6.42 Å². The Balaban J connectivity index is 0. The van der Waals surface area contributed by atoms with Gasteiger partial charge >= 0.3 is 18.9 Å². The maximum absolute atomic E-state index is 2.39. The Bertz CT molecular complexity index is 24.0. The van der Waals surface area contributed by atoms with Gasteiger partial charge in [0.1, 0.15) is 0 Å². The largest absolute Gasteiger partial charge is 1.00 e. The molecule has 1 nitrogen and oxygen atoms in total. The van der Waals surface area contributed by atoms with Gasteiger partial charge in [0.25, 0.3) is 0 Å². The van der Waals surface area contributed by atoms with Gasteiger partial charge in [0.15, 0.2) is 0 Å². The summed E-state index contributed by atoms with van der Waals surface area (Å²) >= 11 is 0. The zero-order valence-electron chi connectivity index (χ0n) is 5.69. The van der Waals surface area contributed by atoms with Crippen LogP contribution in [0.4, 0.5) is 0 Å². The summed E-state index contributed by atoms with van der Waals surface area (Å²) in [5.74, 6) is 0. The van der Waals surface area contributed by atoms with Crippen molar-refractivity contribution >= 4 is 0 Å². The van der Waals surface area contributed by atoms with Crippen LogP contribution in [0.3, 0.4) is 0 Å². The Kier molecular flexibility index (Phi) is 10.7. The van der Waals surface area contributed by atoms with Crippen molar-refractivity contribution in [2.24, 2.45) is 0 Å². The second-order valence-corrected chi connectivity index (χ2v) is 1.93. The number of hydrogen-bond donors (Lipinski definition) is 0. The standard InChI is InChI=1S/C6H11.Li.H2N/c1-2-4-6-5-3-1;;/h1H,2-6H2;;1H2/q-1;+1;-1. The summed E-state index contributed by atoms with van der Waals surface area (Å²) in [5, 5.41) is 0. The molecule has 0 atom stereocenters. The van der Waals surface area contributed by atoms with Crippen molar-refractivity contribution in [3.05, 3.63) is 12.6 Å². The summed E-state index contributed by atoms with van der Waals surface area (Å²) in [6, 6.07) is 0. The van der Waals surface area contributed by atoms with Crippen LogP contribution in [-0.2, 0) is 0 Å². The predicted molar refractivity (Wildman–Crippen MR) is 32.7 cm³/mol. The molecule has 2 N–H and O–H groups in total. The Morgan fingerprint density at radius 2 is 1.38 bits per heavy atom. The van der Waals surface area contributed by atoms with Crippen LogP contribution in [-0.4, -0.2) is 0 Å². The number of rotatable bonds is 0. The molecule has 0 aromatic carbocycles. The predicted octanol–water partition coefficient (Wildman–Crippen LogP) is -0.124. The smallest absolute Gasteiger partial charge is 0.693 e. The maximum atomic E-state index is 2.39. The van der Waals surface area contributed by atoms with Gasteiger partial charge in [-0.05, 0) is 0 Å². The third kappa shape index (κ3) is 4.71. The van der Waals surface area contributed by atoms with Crippen molar-refractivity contribution < 1.29 is 18.9 Å². The minimum Gasteiger partial charge on any atom is -0.693 e. The number of hydrogen-bond acceptors (Lipinski definition) is 0. The monoisotopic (exact) mass is 106 g/mol. The van der Waals surface area contributed by atoms with Crippen LogP contribution in [0.15, 0.2) is 0 Å². The molecule has 1 aliphatic rings. The van der Waals surface area contributed by atoms with Crippen LogP contribution in [0.5, 0.6) is 0 Å². The molecule has 1 aliphatic carbocycles. The van der Waals surface area contributed by atoms with Gasteiger partial charge in [-0.3, -0.25) is 0 Å². The van der Waals surface area contributed by atoms with Gasteiger partial charge in [-0.2, -0.15) is 12.8 Å². The third-order valence-electron chi connectivity index (χ3n) is 1.32. The molecule has 0 aliphatic heterocycles. The van der Waals surface area contributed by atoms with E-state index in [2.05, 4.69) is 6.42 Å². The Morgan fingerprint density at radius 3 is 1.50 bits per heavy atom. The minimum atomic E-state index is 0. The van der Waals surface area contributed by atoms with Crippen LogP contribution in [0.25, 0.3) is 6.15 Å². The molecule has 0 unspecified atom stereocenters. The molecule has 0 amide bonds. The van der Waals surface area contributed by atoms with Crippen molar-refractivity contribution in [2.75, 3.05) is 0 Å². The van der Waals surface area contributed by atoms with Gasteiger partial charge in [0, 0.05) is 0 Å². The van der Waals surface area contributed by atoms with E-state index in [1.165, 1.54) is 32.1 Å². The topological polar surface area (TPSA) is 33.5 Å². The third-order valence-corrected chi connectivity index (χ3v) is 1.32. The summed E-state index contributed by atoms with van der Waals surface area (Å²) in [6.45, 7) is 0. The van der Waals surface area contributed by atoms with Gasteiger partial charge in [-0.15, -0.1) is 0 Å². The molecule has 0 saturated heterocycles. The van der Waals surface area contributed by atoms with E-state index >= 15 is 0 Å². The van der Waals surface area contributed by atoms with Crippen LogP contribution in [0.2, 0.25) is 0 Å². The van der Waals surface area contributed by atoms with E-state index in [1.807, 2.05) is 0 Å². The van der Waals surface area contributed by atoms with Crippen molar-refractivity contribution in [1.82, 2.24) is 0 Å². The normalized spacial score (nSPS) is 18.0. The summed E-state index contributed by atoms with van der Waals surface area (Å²) in [4.78, 5) is 0. The molecule has 0 spiro atoms. The summed E-state index contributed by atoms with van der Waals surface area (Å²) < 4.78 is 0. The first-order chi connectivity index (χ1) is 3.00. The minimum absolute atomic E-state index is 0. The number of nitrogens with two attached hydrogens (primary N) is 1. The first-order valence-corrected chi connectivity index (χ1v) is 2.82. The van der Waals surface area contributed by atoms with Crippen molar-refractivity contribution in [2.45, 2.75) is 32.1 Å². The SMILES string of the molecule is [CH-]1CCCCC1.[Li+].[NH2-]. The average Bonchev–Trinajstić information content (AvgIpc) is 1.72. The van der Waals surface area contributed by atoms with Gasteiger partial charge in [0.05, 0.1) is 0 Å². The van der Waals surface area contributed by atoms with Gasteiger partial charge in [0.2, 0.25) is 0 Å². The fourth-order valence-corrected chi connectivity index (χ4v) is 0.898. The molecular weight excluding hydrogens is 93.0 g/mol. The van der Waals surface area contributed by atoms with E-state index in [-0.39, 0.29) is 25.0 Å². The molecule has 2 heteroatoms. The molecule has 8 heavy (non-hydrogen) atoms. The van der Waals surface area contributed by atoms with E-state index in [0.29, 0.717) is 0 Å². The molecule has 1 rings (SSSR count). The van der Waals surface area contributed by atoms with Gasteiger partial charge < -0.3 is 12.6 Å². The molecule has 1 fully saturated rings. The zero-order valence-corrected chi connectivity index (χ0v) is 5.69. The maximum Gasteiger partial charge on any atom is 1.00 e. The van der Waals surface area contributed by atoms with E-state index in [1.54, 1.807) is 0 Å². The van der Waals surface area contributed by atoms with E-state index in [9.17, 15) is 0 Å². The summed E-state index contributed by atoms with van der Waals surface area (Å²) in [5.41, 5.74) is 0. The summed E-state index contributed by atoms with van der Waals surface area (Å²) in [6.07, 6.45) is 9.50. The first-order valence-electron chi connectivity index (χ1n) is 2.82. The van der Waals surface area contributed by atoms with Crippen LogP contribution >= 0.6 is 0 Å². The molecule has 0 aromatic rings. The Labute approximate surface area is 64.0 Å². The molecule has 0 heterocycles. The second-order valence-electron chi connectivity index (χ2n) is 1.93. The average molecular weight is 106 g/mol. The van der Waals surface area contributed by atoms with Gasteiger partial charge in [-0.1, -0.05) is 19.3 Å². The quantitative estimate of drug-likeness (QED) is 0.304. The summed E-state index contributed by atoms with van der Waals surface area (Å²) in [7, 11) is 0. The molecule has 0 aromatic heterocycles. The van der Waals surface area contributed by atoms with Crippen molar-refractivity contribution in [3.63, 3.8) is 0 Å². The molecule has 1 saturated carbocycles. The molecule has 0 radical (unpaired) electrons. The van der Waals surface area contributed by atoms with Crippen LogP contribution in [0.1, 0.15) is 32.1 Å². The molecule has 44 valence electrons. The van der Waals surface area contributed by atoms with E-state index in [0.717, 1.165) is 0 Å². The fourth-order valence-electron chi connectivity index (χ4n) is 0.898. The van der Waals surface area contributed by atoms with Crippen molar-refractivity contribution in [1.29, 1.82) is 0 Å². The second kappa shape index (κ2) is 7.56. The Hall–Kier alpha value is 0.557. The first kappa shape index (κ1) is 11.4. The van der Waals surface area contributed by atoms with Crippen molar-refractivity contribution in [3.8, 4) is 0 Å². The molecule has 0 bridgehead atoms. The Morgan fingerprint density at radius 1 is 0.875 bits per heavy atom. The van der Waals surface area contributed by atoms with Gasteiger partial charge in [-0.25, -0.2) is 0 Å². The fraction of sp³-hybridized carbons (Fsp3) is 0.833. The van der Waals surface area contributed by atoms with E-state index < -0.39 is 0 Å². The molecular formula is C6H13LiN-. The van der Waals surface area contributed by atoms with Crippen LogP contribution < -0.4 is 18.9 Å². The zero-order chi connectivity index (χ0) is 4.24.